The van der Waals surface area contributed by atoms with Gasteiger partial charge in [0.05, 0.1) is 19.4 Å². The number of nitrogens with one attached hydrogen (secondary N) is 1. The molecule has 0 spiro atoms. The van der Waals surface area contributed by atoms with E-state index in [0.717, 1.165) is 74.9 Å². The zero-order valence-corrected chi connectivity index (χ0v) is 19.1. The van der Waals surface area contributed by atoms with Crippen LogP contribution in [0.1, 0.15) is 25.3 Å². The molecule has 0 radical (unpaired) electrons. The Kier molecular flexibility index (Phi) is 8.10. The molecule has 2 fully saturated rings. The number of guanidine groups is 1. The van der Waals surface area contributed by atoms with Gasteiger partial charge in [0.15, 0.2) is 11.5 Å². The van der Waals surface area contributed by atoms with Crippen LogP contribution >= 0.6 is 0 Å². The number of likely N-dealkylation sites (tertiary alicyclic amines) is 2. The van der Waals surface area contributed by atoms with Gasteiger partial charge in [-0.2, -0.15) is 0 Å². The van der Waals surface area contributed by atoms with Gasteiger partial charge in [-0.1, -0.05) is 6.92 Å². The van der Waals surface area contributed by atoms with Crippen molar-refractivity contribution >= 4 is 11.7 Å². The highest BCUT2D eigenvalue weighted by atomic mass is 16.5. The number of rotatable bonds is 7. The van der Waals surface area contributed by atoms with Crippen molar-refractivity contribution in [2.45, 2.75) is 19.8 Å². The van der Waals surface area contributed by atoms with Crippen molar-refractivity contribution in [2.24, 2.45) is 21.8 Å². The second-order valence-corrected chi connectivity index (χ2v) is 8.27. The van der Waals surface area contributed by atoms with Crippen LogP contribution in [0, 0.1) is 11.8 Å². The summed E-state index contributed by atoms with van der Waals surface area (Å²) in [4.78, 5) is 14.0. The summed E-state index contributed by atoms with van der Waals surface area (Å²) < 4.78 is 11.8. The van der Waals surface area contributed by atoms with E-state index >= 15 is 0 Å². The summed E-state index contributed by atoms with van der Waals surface area (Å²) in [6, 6.07) is 6.20. The molecule has 2 aliphatic heterocycles. The molecule has 3 rings (SSSR count). The predicted molar refractivity (Wildman–Crippen MR) is 123 cm³/mol. The smallest absolute Gasteiger partial charge is 0.217 e. The lowest BCUT2D eigenvalue weighted by molar-refractivity contribution is 0.0662. The van der Waals surface area contributed by atoms with Crippen molar-refractivity contribution < 1.29 is 9.47 Å². The summed E-state index contributed by atoms with van der Waals surface area (Å²) in [5, 5.41) is 3.09. The fourth-order valence-electron chi connectivity index (χ4n) is 4.20. The number of benzene rings is 1. The molecule has 0 aliphatic carbocycles. The molecular formula is C23H37N5O2. The number of aliphatic imine (C=N–C) groups is 2. The Morgan fingerprint density at radius 2 is 1.93 bits per heavy atom. The molecule has 7 nitrogen and oxygen atoms in total. The summed E-state index contributed by atoms with van der Waals surface area (Å²) in [6.07, 6.45) is 2.18. The summed E-state index contributed by atoms with van der Waals surface area (Å²) in [5.41, 5.74) is 2.14. The van der Waals surface area contributed by atoms with Crippen LogP contribution < -0.4 is 14.8 Å². The molecule has 166 valence electrons. The monoisotopic (exact) mass is 415 g/mol. The van der Waals surface area contributed by atoms with E-state index in [-0.39, 0.29) is 0 Å². The van der Waals surface area contributed by atoms with E-state index in [0.29, 0.717) is 17.8 Å². The maximum Gasteiger partial charge on any atom is 0.217 e. The van der Waals surface area contributed by atoms with Crippen LogP contribution in [0.15, 0.2) is 28.2 Å². The average Bonchev–Trinajstić information content (AvgIpc) is 2.75. The van der Waals surface area contributed by atoms with Crippen LogP contribution in [0.3, 0.4) is 0 Å². The maximum absolute atomic E-state index is 6.11. The zero-order chi connectivity index (χ0) is 21.5. The minimum absolute atomic E-state index is 0.401. The fraction of sp³-hybridized carbons (Fsp3) is 0.652. The molecule has 0 aromatic heterocycles. The van der Waals surface area contributed by atoms with E-state index < -0.39 is 0 Å². The van der Waals surface area contributed by atoms with Crippen LogP contribution in [0.25, 0.3) is 0 Å². The molecule has 2 aliphatic rings. The molecule has 1 N–H and O–H groups in total. The second kappa shape index (κ2) is 10.8. The highest BCUT2D eigenvalue weighted by molar-refractivity contribution is 6.08. The Morgan fingerprint density at radius 1 is 1.20 bits per heavy atom. The van der Waals surface area contributed by atoms with Gasteiger partial charge in [-0.25, -0.2) is 4.99 Å². The van der Waals surface area contributed by atoms with Gasteiger partial charge >= 0.3 is 0 Å². The quantitative estimate of drug-likeness (QED) is 0.547. The molecule has 1 aromatic rings. The van der Waals surface area contributed by atoms with Crippen LogP contribution in [0.4, 0.5) is 0 Å². The number of hydrogen-bond acceptors (Lipinski definition) is 5. The van der Waals surface area contributed by atoms with Crippen molar-refractivity contribution in [1.29, 1.82) is 0 Å². The first-order valence-corrected chi connectivity index (χ1v) is 11.0. The van der Waals surface area contributed by atoms with E-state index in [4.69, 9.17) is 14.5 Å². The van der Waals surface area contributed by atoms with Crippen molar-refractivity contribution in [2.75, 3.05) is 67.6 Å². The highest BCUT2D eigenvalue weighted by Crippen LogP contribution is 2.32. The van der Waals surface area contributed by atoms with Crippen LogP contribution in [-0.4, -0.2) is 89.1 Å². The second-order valence-electron chi connectivity index (χ2n) is 8.27. The van der Waals surface area contributed by atoms with Gasteiger partial charge in [-0.05, 0) is 57.7 Å². The molecular weight excluding hydrogens is 378 g/mol. The van der Waals surface area contributed by atoms with Crippen LogP contribution in [0.2, 0.25) is 0 Å². The fourth-order valence-corrected chi connectivity index (χ4v) is 4.20. The standard InChI is InChI=1S/C23H37N5O2/c1-6-28-14-17(15-28)16-30-20-8-7-19(13-21(20)29-5)22(26-23(24-2)25-3)18-9-11-27(4)12-10-18/h7-8,13,17-18H,6,9-12,14-16H2,1-5H3,(H,24,25)/b26-22-. The van der Waals surface area contributed by atoms with Crippen molar-refractivity contribution in [1.82, 2.24) is 15.1 Å². The van der Waals surface area contributed by atoms with Crippen molar-refractivity contribution in [3.63, 3.8) is 0 Å². The first-order valence-electron chi connectivity index (χ1n) is 11.0. The Morgan fingerprint density at radius 3 is 2.53 bits per heavy atom. The minimum Gasteiger partial charge on any atom is -0.493 e. The number of piperidine rings is 1. The number of ether oxygens (including phenoxy) is 2. The minimum atomic E-state index is 0.401. The van der Waals surface area contributed by atoms with Gasteiger partial charge in [0.1, 0.15) is 0 Å². The molecule has 0 bridgehead atoms. The Labute approximate surface area is 181 Å². The van der Waals surface area contributed by atoms with Crippen LogP contribution in [0.5, 0.6) is 11.5 Å². The van der Waals surface area contributed by atoms with Gasteiger partial charge in [-0.15, -0.1) is 0 Å². The third-order valence-corrected chi connectivity index (χ3v) is 6.18. The Bertz CT molecular complexity index is 750. The largest absolute Gasteiger partial charge is 0.493 e. The van der Waals surface area contributed by atoms with E-state index in [1.807, 2.05) is 13.1 Å². The summed E-state index contributed by atoms with van der Waals surface area (Å²) in [5.74, 6) is 3.22. The molecule has 30 heavy (non-hydrogen) atoms. The molecule has 7 heteroatoms. The van der Waals surface area contributed by atoms with Gasteiger partial charge in [-0.3, -0.25) is 4.99 Å². The Balaban J connectivity index is 1.79. The molecule has 1 aromatic carbocycles. The highest BCUT2D eigenvalue weighted by Gasteiger charge is 2.27. The number of methoxy groups -OCH3 is 1. The molecule has 0 saturated carbocycles. The lowest BCUT2D eigenvalue weighted by Crippen LogP contribution is -2.48. The van der Waals surface area contributed by atoms with E-state index in [9.17, 15) is 0 Å². The molecule has 0 amide bonds. The SMILES string of the molecule is CCN1CC(COc2ccc(/C(=N\C(=NC)NC)C3CCN(C)CC3)cc2OC)C1. The van der Waals surface area contributed by atoms with Crippen molar-refractivity contribution in [3.05, 3.63) is 23.8 Å². The molecule has 2 saturated heterocycles. The van der Waals surface area contributed by atoms with E-state index in [2.05, 4.69) is 46.2 Å². The predicted octanol–water partition coefficient (Wildman–Crippen LogP) is 2.36. The topological polar surface area (TPSA) is 61.7 Å². The van der Waals surface area contributed by atoms with Gasteiger partial charge < -0.3 is 24.6 Å². The Hall–Kier alpha value is -2.12. The van der Waals surface area contributed by atoms with Gasteiger partial charge in [0, 0.05) is 44.6 Å². The third-order valence-electron chi connectivity index (χ3n) is 6.18. The average molecular weight is 416 g/mol. The van der Waals surface area contributed by atoms with Gasteiger partial charge in [0.2, 0.25) is 5.96 Å². The van der Waals surface area contributed by atoms with E-state index in [1.165, 1.54) is 0 Å². The molecule has 0 atom stereocenters. The first kappa shape index (κ1) is 22.6. The lowest BCUT2D eigenvalue weighted by Gasteiger charge is -2.38. The molecule has 0 unspecified atom stereocenters. The van der Waals surface area contributed by atoms with Crippen molar-refractivity contribution in [3.8, 4) is 11.5 Å². The summed E-state index contributed by atoms with van der Waals surface area (Å²) in [6.45, 7) is 8.44. The number of nitrogens with zero attached hydrogens (tertiary/aromatic N) is 4. The number of hydrogen-bond donors (Lipinski definition) is 1. The lowest BCUT2D eigenvalue weighted by atomic mass is 9.88. The third kappa shape index (κ3) is 5.52. The maximum atomic E-state index is 6.11. The van der Waals surface area contributed by atoms with Crippen LogP contribution in [-0.2, 0) is 0 Å². The first-order chi connectivity index (χ1) is 14.6. The zero-order valence-electron chi connectivity index (χ0n) is 19.1. The van der Waals surface area contributed by atoms with E-state index in [1.54, 1.807) is 14.2 Å². The molecule has 2 heterocycles. The summed E-state index contributed by atoms with van der Waals surface area (Å²) in [7, 11) is 7.50. The normalized spacial score (nSPS) is 20.2. The van der Waals surface area contributed by atoms with Gasteiger partial charge in [0.25, 0.3) is 0 Å². The summed E-state index contributed by atoms with van der Waals surface area (Å²) >= 11 is 0.